The van der Waals surface area contributed by atoms with E-state index in [0.29, 0.717) is 0 Å². The number of unbranched alkanes of at least 4 members (excludes halogenated alkanes) is 4. The molecule has 0 atom stereocenters. The predicted molar refractivity (Wildman–Crippen MR) is 118 cm³/mol. The van der Waals surface area contributed by atoms with Crippen molar-refractivity contribution in [1.29, 1.82) is 0 Å². The molecule has 0 heterocycles. The Hall–Kier alpha value is 0. The summed E-state index contributed by atoms with van der Waals surface area (Å²) in [5, 5.41) is 0. The highest BCUT2D eigenvalue weighted by Crippen LogP contribution is 2.36. The van der Waals surface area contributed by atoms with Gasteiger partial charge in [-0.25, -0.2) is 0 Å². The smallest absolute Gasteiger partial charge is 0.0414 e. The molecule has 2 aliphatic rings. The van der Waals surface area contributed by atoms with Crippen molar-refractivity contribution in [1.82, 2.24) is 0 Å². The van der Waals surface area contributed by atoms with Crippen LogP contribution in [0.1, 0.15) is 136 Å². The maximum Gasteiger partial charge on any atom is -0.0414 e. The highest BCUT2D eigenvalue weighted by atomic mass is 14.3. The van der Waals surface area contributed by atoms with Crippen molar-refractivity contribution in [3.63, 3.8) is 0 Å². The monoisotopic (exact) mass is 362 g/mol. The third-order valence-corrected chi connectivity index (χ3v) is 7.95. The van der Waals surface area contributed by atoms with Gasteiger partial charge in [0.15, 0.2) is 0 Å². The van der Waals surface area contributed by atoms with Gasteiger partial charge < -0.3 is 0 Å². The normalized spacial score (nSPS) is 31.0. The van der Waals surface area contributed by atoms with Crippen LogP contribution in [-0.2, 0) is 0 Å². The fraction of sp³-hybridized carbons (Fsp3) is 1.00. The highest BCUT2D eigenvalue weighted by Gasteiger charge is 2.22. The first kappa shape index (κ1) is 22.3. The Morgan fingerprint density at radius 1 is 0.577 bits per heavy atom. The van der Waals surface area contributed by atoms with E-state index in [4.69, 9.17) is 0 Å². The summed E-state index contributed by atoms with van der Waals surface area (Å²) >= 11 is 0. The van der Waals surface area contributed by atoms with Crippen LogP contribution in [0.2, 0.25) is 0 Å². The van der Waals surface area contributed by atoms with Gasteiger partial charge in [-0.3, -0.25) is 0 Å². The molecule has 154 valence electrons. The highest BCUT2D eigenvalue weighted by molar-refractivity contribution is 4.74. The maximum absolute atomic E-state index is 2.46. The maximum atomic E-state index is 2.46. The SMILES string of the molecule is CCCCCCCC(CCC1CCC(C)CC1)CCC1CCC(C)CC1. The lowest BCUT2D eigenvalue weighted by molar-refractivity contribution is 0.231. The topological polar surface area (TPSA) is 0 Å². The molecule has 0 aromatic rings. The second-order valence-corrected chi connectivity index (χ2v) is 10.5. The summed E-state index contributed by atoms with van der Waals surface area (Å²) in [5.41, 5.74) is 0. The Balaban J connectivity index is 1.67. The molecule has 26 heavy (non-hydrogen) atoms. The van der Waals surface area contributed by atoms with Crippen LogP contribution in [0, 0.1) is 29.6 Å². The van der Waals surface area contributed by atoms with E-state index >= 15 is 0 Å². The molecule has 0 radical (unpaired) electrons. The van der Waals surface area contributed by atoms with E-state index in [2.05, 4.69) is 20.8 Å². The molecule has 2 fully saturated rings. The number of hydrogen-bond acceptors (Lipinski definition) is 0. The molecule has 2 saturated carbocycles. The van der Waals surface area contributed by atoms with Crippen molar-refractivity contribution in [3.8, 4) is 0 Å². The lowest BCUT2D eigenvalue weighted by atomic mass is 9.76. The minimum atomic E-state index is 1.01. The zero-order valence-corrected chi connectivity index (χ0v) is 18.6. The first-order chi connectivity index (χ1) is 12.7. The summed E-state index contributed by atoms with van der Waals surface area (Å²) in [6.45, 7) is 7.25. The van der Waals surface area contributed by atoms with E-state index in [1.807, 2.05) is 0 Å². The van der Waals surface area contributed by atoms with Gasteiger partial charge in [-0.05, 0) is 29.6 Å². The van der Waals surface area contributed by atoms with E-state index in [1.54, 1.807) is 25.7 Å². The van der Waals surface area contributed by atoms with Crippen LogP contribution in [0.25, 0.3) is 0 Å². The fourth-order valence-corrected chi connectivity index (χ4v) is 5.65. The fourth-order valence-electron chi connectivity index (χ4n) is 5.65. The van der Waals surface area contributed by atoms with Gasteiger partial charge in [0, 0.05) is 0 Å². The summed E-state index contributed by atoms with van der Waals surface area (Å²) in [4.78, 5) is 0. The van der Waals surface area contributed by atoms with Crippen LogP contribution in [0.5, 0.6) is 0 Å². The molecule has 0 aromatic heterocycles. The van der Waals surface area contributed by atoms with Crippen molar-refractivity contribution in [2.45, 2.75) is 136 Å². The largest absolute Gasteiger partial charge is 0.0654 e. The van der Waals surface area contributed by atoms with Gasteiger partial charge in [0.1, 0.15) is 0 Å². The lowest BCUT2D eigenvalue weighted by Crippen LogP contribution is -2.16. The van der Waals surface area contributed by atoms with E-state index in [1.165, 1.54) is 89.9 Å². The zero-order chi connectivity index (χ0) is 18.6. The lowest BCUT2D eigenvalue weighted by Gasteiger charge is -2.29. The van der Waals surface area contributed by atoms with Crippen LogP contribution in [0.4, 0.5) is 0 Å². The third-order valence-electron chi connectivity index (χ3n) is 7.95. The van der Waals surface area contributed by atoms with Crippen molar-refractivity contribution < 1.29 is 0 Å². The molecule has 0 heteroatoms. The van der Waals surface area contributed by atoms with Crippen molar-refractivity contribution in [3.05, 3.63) is 0 Å². The minimum Gasteiger partial charge on any atom is -0.0654 e. The Bertz CT molecular complexity index is 291. The van der Waals surface area contributed by atoms with E-state index in [9.17, 15) is 0 Å². The van der Waals surface area contributed by atoms with Crippen molar-refractivity contribution >= 4 is 0 Å². The molecule has 0 nitrogen and oxygen atoms in total. The molecule has 0 unspecified atom stereocenters. The van der Waals surface area contributed by atoms with Gasteiger partial charge in [0.2, 0.25) is 0 Å². The van der Waals surface area contributed by atoms with Crippen molar-refractivity contribution in [2.24, 2.45) is 29.6 Å². The summed E-state index contributed by atoms with van der Waals surface area (Å²) in [6, 6.07) is 0. The van der Waals surface area contributed by atoms with E-state index < -0.39 is 0 Å². The zero-order valence-electron chi connectivity index (χ0n) is 18.6. The van der Waals surface area contributed by atoms with Crippen LogP contribution in [-0.4, -0.2) is 0 Å². The molecule has 0 amide bonds. The Morgan fingerprint density at radius 3 is 1.50 bits per heavy atom. The van der Waals surface area contributed by atoms with E-state index in [-0.39, 0.29) is 0 Å². The number of hydrogen-bond donors (Lipinski definition) is 0. The summed E-state index contributed by atoms with van der Waals surface area (Å²) < 4.78 is 0. The van der Waals surface area contributed by atoms with Gasteiger partial charge in [-0.2, -0.15) is 0 Å². The van der Waals surface area contributed by atoms with Crippen LogP contribution in [0.3, 0.4) is 0 Å². The Kier molecular flexibility index (Phi) is 11.3. The molecule has 0 spiro atoms. The first-order valence-corrected chi connectivity index (χ1v) is 12.7. The minimum absolute atomic E-state index is 1.01. The summed E-state index contributed by atoms with van der Waals surface area (Å²) in [5.74, 6) is 5.22. The molecule has 2 aliphatic carbocycles. The van der Waals surface area contributed by atoms with Crippen LogP contribution >= 0.6 is 0 Å². The van der Waals surface area contributed by atoms with Gasteiger partial charge in [-0.15, -0.1) is 0 Å². The molecule has 0 bridgehead atoms. The quantitative estimate of drug-likeness (QED) is 0.303. The molecule has 2 rings (SSSR count). The van der Waals surface area contributed by atoms with E-state index in [0.717, 1.165) is 29.6 Å². The van der Waals surface area contributed by atoms with Gasteiger partial charge >= 0.3 is 0 Å². The van der Waals surface area contributed by atoms with Crippen molar-refractivity contribution in [2.75, 3.05) is 0 Å². The first-order valence-electron chi connectivity index (χ1n) is 12.7. The molecule has 0 N–H and O–H groups in total. The molecular weight excluding hydrogens is 312 g/mol. The standard InChI is InChI=1S/C26H50/c1-4-5-6-7-8-9-24(18-20-25-14-10-22(2)11-15-25)19-21-26-16-12-23(3)13-17-26/h22-26H,4-21H2,1-3H3. The molecular formula is C26H50. The van der Waals surface area contributed by atoms with Gasteiger partial charge in [-0.1, -0.05) is 136 Å². The van der Waals surface area contributed by atoms with Gasteiger partial charge in [0.05, 0.1) is 0 Å². The second-order valence-electron chi connectivity index (χ2n) is 10.5. The summed E-state index contributed by atoms with van der Waals surface area (Å²) in [6.07, 6.45) is 27.2. The Morgan fingerprint density at radius 2 is 1.04 bits per heavy atom. The Labute approximate surface area is 166 Å². The average Bonchev–Trinajstić information content (AvgIpc) is 2.65. The molecule has 0 aliphatic heterocycles. The van der Waals surface area contributed by atoms with Crippen LogP contribution in [0.15, 0.2) is 0 Å². The predicted octanol–water partition coefficient (Wildman–Crippen LogP) is 9.18. The average molecular weight is 363 g/mol. The second kappa shape index (κ2) is 13.2. The summed E-state index contributed by atoms with van der Waals surface area (Å²) in [7, 11) is 0. The third kappa shape index (κ3) is 9.27. The van der Waals surface area contributed by atoms with Gasteiger partial charge in [0.25, 0.3) is 0 Å². The number of rotatable bonds is 12. The molecule has 0 aromatic carbocycles. The van der Waals surface area contributed by atoms with Crippen LogP contribution < -0.4 is 0 Å². The molecule has 0 saturated heterocycles.